The number of pyridine rings is 1. The minimum Gasteiger partial charge on any atom is -0.481 e. The third-order valence-electron chi connectivity index (χ3n) is 2.53. The second-order valence-corrected chi connectivity index (χ2v) is 4.80. The van der Waals surface area contributed by atoms with Gasteiger partial charge in [0.05, 0.1) is 31.9 Å². The van der Waals surface area contributed by atoms with Crippen molar-refractivity contribution in [2.75, 3.05) is 19.5 Å². The molecule has 0 fully saturated rings. The molecular weight excluding hydrogens is 294 g/mol. The van der Waals surface area contributed by atoms with E-state index in [-0.39, 0.29) is 18.3 Å². The highest BCUT2D eigenvalue weighted by Gasteiger charge is 2.11. The number of rotatable bonds is 5. The standard InChI is InChI=1S/C13H13N3O4S/c1-19-10-4-3-8(6-14-10)12(18)16-13-15-9(7-21-13)5-11(17)20-2/h3-4,6-7H,5H2,1-2H3,(H,15,16,18). The smallest absolute Gasteiger partial charge is 0.311 e. The van der Waals surface area contributed by atoms with Crippen LogP contribution in [0, 0.1) is 0 Å². The first-order valence-corrected chi connectivity index (χ1v) is 6.83. The number of amides is 1. The molecule has 1 amide bonds. The predicted octanol–water partition coefficient (Wildman–Crippen LogP) is 1.51. The maximum absolute atomic E-state index is 12.0. The van der Waals surface area contributed by atoms with Gasteiger partial charge in [-0.1, -0.05) is 0 Å². The molecule has 1 N–H and O–H groups in total. The van der Waals surface area contributed by atoms with E-state index in [1.54, 1.807) is 17.5 Å². The number of hydrogen-bond acceptors (Lipinski definition) is 7. The van der Waals surface area contributed by atoms with E-state index in [0.29, 0.717) is 22.3 Å². The molecule has 2 heterocycles. The second kappa shape index (κ2) is 6.80. The van der Waals surface area contributed by atoms with Crippen LogP contribution in [-0.2, 0) is 16.0 Å². The average Bonchev–Trinajstić information content (AvgIpc) is 2.94. The summed E-state index contributed by atoms with van der Waals surface area (Å²) in [6, 6.07) is 3.20. The third-order valence-corrected chi connectivity index (χ3v) is 3.34. The van der Waals surface area contributed by atoms with E-state index < -0.39 is 0 Å². The molecule has 0 aliphatic carbocycles. The monoisotopic (exact) mass is 307 g/mol. The van der Waals surface area contributed by atoms with Crippen molar-refractivity contribution in [2.24, 2.45) is 0 Å². The average molecular weight is 307 g/mol. The highest BCUT2D eigenvalue weighted by molar-refractivity contribution is 7.14. The van der Waals surface area contributed by atoms with Crippen LogP contribution in [0.3, 0.4) is 0 Å². The lowest BCUT2D eigenvalue weighted by molar-refractivity contribution is -0.139. The summed E-state index contributed by atoms with van der Waals surface area (Å²) in [6.45, 7) is 0. The van der Waals surface area contributed by atoms with Crippen LogP contribution in [0.15, 0.2) is 23.7 Å². The van der Waals surface area contributed by atoms with Crippen molar-refractivity contribution < 1.29 is 19.1 Å². The molecule has 0 spiro atoms. The van der Waals surface area contributed by atoms with Crippen LogP contribution in [0.1, 0.15) is 16.1 Å². The minimum atomic E-state index is -0.377. The number of carbonyl (C=O) groups excluding carboxylic acids is 2. The second-order valence-electron chi connectivity index (χ2n) is 3.94. The van der Waals surface area contributed by atoms with E-state index in [0.717, 1.165) is 0 Å². The van der Waals surface area contributed by atoms with Gasteiger partial charge in [0.1, 0.15) is 0 Å². The maximum atomic E-state index is 12.0. The van der Waals surface area contributed by atoms with Crippen LogP contribution in [0.5, 0.6) is 5.88 Å². The number of thiazole rings is 1. The Morgan fingerprint density at radius 3 is 2.76 bits per heavy atom. The fourth-order valence-corrected chi connectivity index (χ4v) is 2.18. The molecule has 0 saturated heterocycles. The molecule has 0 saturated carbocycles. The van der Waals surface area contributed by atoms with Gasteiger partial charge in [-0.25, -0.2) is 9.97 Å². The van der Waals surface area contributed by atoms with Crippen molar-refractivity contribution >= 4 is 28.3 Å². The molecule has 110 valence electrons. The van der Waals surface area contributed by atoms with Gasteiger partial charge in [-0.05, 0) is 6.07 Å². The number of ether oxygens (including phenoxy) is 2. The van der Waals surface area contributed by atoms with Crippen molar-refractivity contribution in [1.29, 1.82) is 0 Å². The van der Waals surface area contributed by atoms with E-state index in [9.17, 15) is 9.59 Å². The lowest BCUT2D eigenvalue weighted by Gasteiger charge is -2.02. The van der Waals surface area contributed by atoms with Gasteiger partial charge in [-0.3, -0.25) is 14.9 Å². The molecule has 2 rings (SSSR count). The molecule has 2 aromatic rings. The van der Waals surface area contributed by atoms with Crippen molar-refractivity contribution in [3.05, 3.63) is 35.0 Å². The molecule has 0 aliphatic rings. The van der Waals surface area contributed by atoms with Crippen molar-refractivity contribution in [1.82, 2.24) is 9.97 Å². The van der Waals surface area contributed by atoms with Crippen LogP contribution in [0.2, 0.25) is 0 Å². The van der Waals surface area contributed by atoms with Gasteiger partial charge in [0.2, 0.25) is 5.88 Å². The quantitative estimate of drug-likeness (QED) is 0.842. The Labute approximate surface area is 124 Å². The van der Waals surface area contributed by atoms with Crippen molar-refractivity contribution in [3.63, 3.8) is 0 Å². The number of anilines is 1. The molecule has 0 aliphatic heterocycles. The zero-order valence-electron chi connectivity index (χ0n) is 11.5. The minimum absolute atomic E-state index is 0.0764. The van der Waals surface area contributed by atoms with E-state index in [1.807, 2.05) is 0 Å². The maximum Gasteiger partial charge on any atom is 0.311 e. The van der Waals surface area contributed by atoms with Crippen molar-refractivity contribution in [2.45, 2.75) is 6.42 Å². The lowest BCUT2D eigenvalue weighted by atomic mass is 10.3. The van der Waals surface area contributed by atoms with Crippen LogP contribution in [0.4, 0.5) is 5.13 Å². The zero-order chi connectivity index (χ0) is 15.2. The van der Waals surface area contributed by atoms with E-state index in [4.69, 9.17) is 4.74 Å². The first-order valence-electron chi connectivity index (χ1n) is 5.95. The number of nitrogens with zero attached hydrogens (tertiary/aromatic N) is 2. The SMILES string of the molecule is COC(=O)Cc1csc(NC(=O)c2ccc(OC)nc2)n1. The Morgan fingerprint density at radius 1 is 1.33 bits per heavy atom. The Balaban J connectivity index is 2.00. The fourth-order valence-electron chi connectivity index (χ4n) is 1.47. The largest absolute Gasteiger partial charge is 0.481 e. The van der Waals surface area contributed by atoms with E-state index in [1.165, 1.54) is 31.8 Å². The third kappa shape index (κ3) is 3.99. The fraction of sp³-hybridized carbons (Fsp3) is 0.231. The lowest BCUT2D eigenvalue weighted by Crippen LogP contribution is -2.12. The summed E-state index contributed by atoms with van der Waals surface area (Å²) in [5.74, 6) is -0.275. The first kappa shape index (κ1) is 14.9. The van der Waals surface area contributed by atoms with Crippen LogP contribution < -0.4 is 10.1 Å². The Kier molecular flexibility index (Phi) is 4.83. The normalized spacial score (nSPS) is 10.0. The van der Waals surface area contributed by atoms with E-state index in [2.05, 4.69) is 20.0 Å². The molecular formula is C13H13N3O4S. The highest BCUT2D eigenvalue weighted by Crippen LogP contribution is 2.17. The molecule has 0 radical (unpaired) electrons. The number of aromatic nitrogens is 2. The summed E-state index contributed by atoms with van der Waals surface area (Å²) >= 11 is 1.24. The van der Waals surface area contributed by atoms with Crippen molar-refractivity contribution in [3.8, 4) is 5.88 Å². The van der Waals surface area contributed by atoms with Gasteiger partial charge in [0, 0.05) is 17.6 Å². The first-order chi connectivity index (χ1) is 10.1. The van der Waals surface area contributed by atoms with Gasteiger partial charge < -0.3 is 9.47 Å². The molecule has 0 unspecified atom stereocenters. The summed E-state index contributed by atoms with van der Waals surface area (Å²) in [4.78, 5) is 31.2. The molecule has 0 bridgehead atoms. The summed E-state index contributed by atoms with van der Waals surface area (Å²) in [6.07, 6.45) is 1.49. The van der Waals surface area contributed by atoms with Gasteiger partial charge in [-0.2, -0.15) is 0 Å². The van der Waals surface area contributed by atoms with Crippen LogP contribution in [-0.4, -0.2) is 36.1 Å². The van der Waals surface area contributed by atoms with Gasteiger partial charge in [0.25, 0.3) is 5.91 Å². The summed E-state index contributed by atoms with van der Waals surface area (Å²) in [7, 11) is 2.81. The van der Waals surface area contributed by atoms with E-state index >= 15 is 0 Å². The summed E-state index contributed by atoms with van der Waals surface area (Å²) in [5.41, 5.74) is 0.940. The molecule has 0 aromatic carbocycles. The zero-order valence-corrected chi connectivity index (χ0v) is 12.3. The van der Waals surface area contributed by atoms with Crippen LogP contribution >= 0.6 is 11.3 Å². The Morgan fingerprint density at radius 2 is 2.14 bits per heavy atom. The number of hydrogen-bond donors (Lipinski definition) is 1. The molecule has 8 heteroatoms. The number of methoxy groups -OCH3 is 2. The van der Waals surface area contributed by atoms with Gasteiger partial charge >= 0.3 is 5.97 Å². The Hall–Kier alpha value is -2.48. The van der Waals surface area contributed by atoms with Gasteiger partial charge in [0.15, 0.2) is 5.13 Å². The highest BCUT2D eigenvalue weighted by atomic mass is 32.1. The Bertz CT molecular complexity index is 639. The van der Waals surface area contributed by atoms with Crippen LogP contribution in [0.25, 0.3) is 0 Å². The number of esters is 1. The van der Waals surface area contributed by atoms with Gasteiger partial charge in [-0.15, -0.1) is 11.3 Å². The topological polar surface area (TPSA) is 90.4 Å². The number of nitrogens with one attached hydrogen (secondary N) is 1. The number of carbonyl (C=O) groups is 2. The molecule has 21 heavy (non-hydrogen) atoms. The molecule has 7 nitrogen and oxygen atoms in total. The summed E-state index contributed by atoms with van der Waals surface area (Å²) in [5, 5.41) is 4.75. The molecule has 2 aromatic heterocycles. The predicted molar refractivity (Wildman–Crippen MR) is 76.6 cm³/mol. The molecule has 0 atom stereocenters. The summed E-state index contributed by atoms with van der Waals surface area (Å²) < 4.78 is 9.48.